The van der Waals surface area contributed by atoms with Gasteiger partial charge in [-0.1, -0.05) is 16.8 Å². The Kier molecular flexibility index (Phi) is 3.02. The third-order valence-electron chi connectivity index (χ3n) is 2.95. The Bertz CT molecular complexity index is 694. The second-order valence-electron chi connectivity index (χ2n) is 4.29. The lowest BCUT2D eigenvalue weighted by atomic mass is 10.0. The smallest absolute Gasteiger partial charge is 0.358 e. The van der Waals surface area contributed by atoms with Crippen LogP contribution in [0.3, 0.4) is 0 Å². The van der Waals surface area contributed by atoms with Crippen molar-refractivity contribution in [2.24, 2.45) is 0 Å². The number of aryl methyl sites for hydroxylation is 1. The van der Waals surface area contributed by atoms with Crippen LogP contribution in [0, 0.1) is 6.92 Å². The van der Waals surface area contributed by atoms with Gasteiger partial charge in [-0.15, -0.1) is 0 Å². The van der Waals surface area contributed by atoms with Crippen molar-refractivity contribution < 1.29 is 23.9 Å². The Morgan fingerprint density at radius 3 is 2.80 bits per heavy atom. The fourth-order valence-electron chi connectivity index (χ4n) is 2.06. The van der Waals surface area contributed by atoms with E-state index in [2.05, 4.69) is 5.16 Å². The number of rotatable bonds is 2. The van der Waals surface area contributed by atoms with Crippen LogP contribution in [0.1, 0.15) is 16.1 Å². The van der Waals surface area contributed by atoms with Gasteiger partial charge in [0.1, 0.15) is 13.2 Å². The second-order valence-corrected chi connectivity index (χ2v) is 4.67. The number of carboxylic acid groups (broad SMARTS) is 1. The van der Waals surface area contributed by atoms with Crippen molar-refractivity contribution >= 4 is 17.6 Å². The highest BCUT2D eigenvalue weighted by Gasteiger charge is 2.24. The Labute approximate surface area is 118 Å². The molecule has 0 atom stereocenters. The summed E-state index contributed by atoms with van der Waals surface area (Å²) in [5.74, 6) is 0.125. The van der Waals surface area contributed by atoms with Crippen LogP contribution < -0.4 is 9.47 Å². The summed E-state index contributed by atoms with van der Waals surface area (Å²) in [5.41, 5.74) is 1.16. The zero-order valence-electron chi connectivity index (χ0n) is 10.5. The molecule has 0 aliphatic carbocycles. The lowest BCUT2D eigenvalue weighted by Crippen LogP contribution is -2.16. The van der Waals surface area contributed by atoms with Crippen molar-refractivity contribution in [3.05, 3.63) is 28.4 Å². The monoisotopic (exact) mass is 295 g/mol. The highest BCUT2D eigenvalue weighted by Crippen LogP contribution is 2.45. The van der Waals surface area contributed by atoms with Gasteiger partial charge in [-0.3, -0.25) is 0 Å². The molecule has 104 valence electrons. The van der Waals surface area contributed by atoms with Gasteiger partial charge < -0.3 is 19.1 Å². The van der Waals surface area contributed by atoms with Crippen LogP contribution in [-0.2, 0) is 0 Å². The average Bonchev–Trinajstić information content (AvgIpc) is 2.88. The van der Waals surface area contributed by atoms with E-state index in [1.54, 1.807) is 6.07 Å². The summed E-state index contributed by atoms with van der Waals surface area (Å²) < 4.78 is 16.0. The van der Waals surface area contributed by atoms with Crippen molar-refractivity contribution in [1.29, 1.82) is 0 Å². The predicted octanol–water partition coefficient (Wildman–Crippen LogP) is 2.77. The van der Waals surface area contributed by atoms with Crippen molar-refractivity contribution in [2.75, 3.05) is 13.2 Å². The first-order valence-electron chi connectivity index (χ1n) is 5.87. The summed E-state index contributed by atoms with van der Waals surface area (Å²) >= 11 is 6.32. The molecule has 1 aliphatic heterocycles. The molecule has 2 heterocycles. The van der Waals surface area contributed by atoms with Gasteiger partial charge in [0.25, 0.3) is 0 Å². The highest BCUT2D eigenvalue weighted by molar-refractivity contribution is 6.35. The van der Waals surface area contributed by atoms with E-state index in [4.69, 9.17) is 30.7 Å². The fourth-order valence-corrected chi connectivity index (χ4v) is 2.45. The summed E-state index contributed by atoms with van der Waals surface area (Å²) in [4.78, 5) is 10.8. The van der Waals surface area contributed by atoms with Gasteiger partial charge in [0.05, 0.1) is 5.02 Å². The number of carboxylic acids is 1. The molecule has 1 N–H and O–H groups in total. The van der Waals surface area contributed by atoms with E-state index in [1.165, 1.54) is 6.07 Å². The van der Waals surface area contributed by atoms with Crippen LogP contribution in [-0.4, -0.2) is 29.4 Å². The minimum absolute atomic E-state index is 0.176. The summed E-state index contributed by atoms with van der Waals surface area (Å²) in [6, 6.07) is 3.10. The number of fused-ring (bicyclic) bond motifs is 1. The third kappa shape index (κ3) is 1.98. The average molecular weight is 296 g/mol. The molecule has 1 aromatic carbocycles. The van der Waals surface area contributed by atoms with Gasteiger partial charge in [-0.05, 0) is 18.6 Å². The maximum absolute atomic E-state index is 10.8. The van der Waals surface area contributed by atoms with E-state index in [-0.39, 0.29) is 11.5 Å². The maximum atomic E-state index is 10.8. The highest BCUT2D eigenvalue weighted by atomic mass is 35.5. The van der Waals surface area contributed by atoms with Crippen LogP contribution in [0.25, 0.3) is 11.3 Å². The largest absolute Gasteiger partial charge is 0.486 e. The number of aromatic carboxylic acids is 1. The topological polar surface area (TPSA) is 81.8 Å². The molecule has 0 saturated heterocycles. The van der Waals surface area contributed by atoms with Crippen molar-refractivity contribution in [1.82, 2.24) is 5.16 Å². The summed E-state index contributed by atoms with van der Waals surface area (Å²) in [6.45, 7) is 2.70. The third-order valence-corrected chi connectivity index (χ3v) is 3.31. The van der Waals surface area contributed by atoms with Crippen molar-refractivity contribution in [3.8, 4) is 22.8 Å². The van der Waals surface area contributed by atoms with Crippen LogP contribution in [0.5, 0.6) is 11.5 Å². The van der Waals surface area contributed by atoms with E-state index in [0.29, 0.717) is 35.3 Å². The molecule has 0 spiro atoms. The van der Waals surface area contributed by atoms with Gasteiger partial charge in [-0.2, -0.15) is 0 Å². The number of halogens is 1. The van der Waals surface area contributed by atoms with E-state index in [9.17, 15) is 4.79 Å². The summed E-state index contributed by atoms with van der Waals surface area (Å²) in [6.07, 6.45) is 0. The van der Waals surface area contributed by atoms with Crippen molar-refractivity contribution in [3.63, 3.8) is 0 Å². The molecule has 1 aromatic heterocycles. The molecule has 1 aliphatic rings. The minimum Gasteiger partial charge on any atom is -0.486 e. The van der Waals surface area contributed by atoms with E-state index in [1.807, 2.05) is 6.92 Å². The zero-order chi connectivity index (χ0) is 14.3. The number of nitrogens with zero attached hydrogens (tertiary/aromatic N) is 1. The number of aromatic nitrogens is 1. The molecule has 3 rings (SSSR count). The summed E-state index contributed by atoms with van der Waals surface area (Å²) in [5, 5.41) is 12.7. The first kappa shape index (κ1) is 12.8. The molecule has 0 amide bonds. The normalized spacial score (nSPS) is 13.3. The SMILES string of the molecule is Cc1cc2c(c(Cl)c1-c1cc(C(=O)O)no1)OCCO2. The first-order chi connectivity index (χ1) is 9.58. The van der Waals surface area contributed by atoms with Crippen molar-refractivity contribution in [2.45, 2.75) is 6.92 Å². The maximum Gasteiger partial charge on any atom is 0.358 e. The summed E-state index contributed by atoms with van der Waals surface area (Å²) in [7, 11) is 0. The molecule has 20 heavy (non-hydrogen) atoms. The standard InChI is InChI=1S/C13H10ClNO5/c1-6-4-9-12(19-3-2-18-9)11(14)10(6)8-5-7(13(16)17)15-20-8/h4-5H,2-3H2,1H3,(H,16,17). The molecule has 6 nitrogen and oxygen atoms in total. The molecule has 2 aromatic rings. The molecule has 0 saturated carbocycles. The Hall–Kier alpha value is -2.21. The zero-order valence-corrected chi connectivity index (χ0v) is 11.2. The minimum atomic E-state index is -1.16. The Morgan fingerprint density at radius 2 is 2.10 bits per heavy atom. The Balaban J connectivity index is 2.15. The van der Waals surface area contributed by atoms with E-state index in [0.717, 1.165) is 5.56 Å². The fraction of sp³-hybridized carbons (Fsp3) is 0.231. The van der Waals surface area contributed by atoms with Gasteiger partial charge >= 0.3 is 5.97 Å². The first-order valence-corrected chi connectivity index (χ1v) is 6.25. The molecular formula is C13H10ClNO5. The lowest BCUT2D eigenvalue weighted by molar-refractivity contribution is 0.0686. The van der Waals surface area contributed by atoms with E-state index >= 15 is 0 Å². The number of benzene rings is 1. The second kappa shape index (κ2) is 4.72. The number of carbonyl (C=O) groups is 1. The number of ether oxygens (including phenoxy) is 2. The van der Waals surface area contributed by atoms with Gasteiger partial charge in [0, 0.05) is 11.6 Å². The molecule has 0 radical (unpaired) electrons. The molecule has 0 unspecified atom stereocenters. The van der Waals surface area contributed by atoms with Gasteiger partial charge in [-0.25, -0.2) is 4.79 Å². The van der Waals surface area contributed by atoms with Gasteiger partial charge in [0.15, 0.2) is 23.0 Å². The predicted molar refractivity (Wildman–Crippen MR) is 69.6 cm³/mol. The van der Waals surface area contributed by atoms with Gasteiger partial charge in [0.2, 0.25) is 0 Å². The molecule has 0 bridgehead atoms. The van der Waals surface area contributed by atoms with Crippen LogP contribution in [0.2, 0.25) is 5.02 Å². The number of hydrogen-bond acceptors (Lipinski definition) is 5. The number of hydrogen-bond donors (Lipinski definition) is 1. The van der Waals surface area contributed by atoms with Crippen LogP contribution in [0.4, 0.5) is 0 Å². The van der Waals surface area contributed by atoms with Crippen LogP contribution in [0.15, 0.2) is 16.7 Å². The Morgan fingerprint density at radius 1 is 1.35 bits per heavy atom. The quantitative estimate of drug-likeness (QED) is 0.917. The van der Waals surface area contributed by atoms with E-state index < -0.39 is 5.97 Å². The van der Waals surface area contributed by atoms with Crippen LogP contribution >= 0.6 is 11.6 Å². The molecular weight excluding hydrogens is 286 g/mol. The molecule has 0 fully saturated rings. The lowest BCUT2D eigenvalue weighted by Gasteiger charge is -2.21. The molecule has 7 heteroatoms.